The molecule has 0 radical (unpaired) electrons. The van der Waals surface area contributed by atoms with Gasteiger partial charge in [-0.25, -0.2) is 4.98 Å². The molecule has 1 saturated heterocycles. The Kier molecular flexibility index (Phi) is 2.68. The molecule has 1 fully saturated rings. The molecule has 1 N–H and O–H groups in total. The highest BCUT2D eigenvalue weighted by Crippen LogP contribution is 2.18. The summed E-state index contributed by atoms with van der Waals surface area (Å²) in [5, 5.41) is 9.40. The minimum Gasteiger partial charge on any atom is -0.391 e. The Hall–Kier alpha value is -1.42. The second kappa shape index (κ2) is 3.98. The molecule has 4 heteroatoms. The molecule has 0 saturated carbocycles. The third-order valence-electron chi connectivity index (χ3n) is 2.64. The van der Waals surface area contributed by atoms with Gasteiger partial charge in [-0.3, -0.25) is 4.79 Å². The lowest BCUT2D eigenvalue weighted by atomic mass is 10.2. The third kappa shape index (κ3) is 2.15. The first-order chi connectivity index (χ1) is 7.16. The van der Waals surface area contributed by atoms with Crippen LogP contribution in [0.1, 0.15) is 23.7 Å². The van der Waals surface area contributed by atoms with Crippen molar-refractivity contribution in [3.05, 3.63) is 23.9 Å². The summed E-state index contributed by atoms with van der Waals surface area (Å²) in [4.78, 5) is 17.4. The van der Waals surface area contributed by atoms with E-state index in [0.717, 1.165) is 18.8 Å². The monoisotopic (exact) mass is 206 g/mol. The zero-order chi connectivity index (χ0) is 10.8. The zero-order valence-corrected chi connectivity index (χ0v) is 8.68. The molecule has 0 aromatic carbocycles. The van der Waals surface area contributed by atoms with Crippen molar-refractivity contribution >= 4 is 11.6 Å². The number of β-amino-alcohol motifs (C(OH)–C–C–N with tert-alkyl or cyclic N) is 1. The number of hydrogen-bond acceptors (Lipinski definition) is 4. The molecule has 1 aliphatic heterocycles. The smallest absolute Gasteiger partial charge is 0.159 e. The number of aliphatic hydroxyl groups excluding tert-OH is 1. The predicted octanol–water partition coefficient (Wildman–Crippen LogP) is 0.855. The fraction of sp³-hybridized carbons (Fsp3) is 0.455. The van der Waals surface area contributed by atoms with Crippen LogP contribution in [-0.2, 0) is 0 Å². The number of carbonyl (C=O) groups is 1. The van der Waals surface area contributed by atoms with Crippen LogP contribution in [0.15, 0.2) is 18.3 Å². The first-order valence-electron chi connectivity index (χ1n) is 5.07. The first kappa shape index (κ1) is 10.1. The minimum absolute atomic E-state index is 0.0402. The van der Waals surface area contributed by atoms with Gasteiger partial charge in [-0.15, -0.1) is 0 Å². The van der Waals surface area contributed by atoms with Gasteiger partial charge in [-0.2, -0.15) is 0 Å². The molecule has 2 heterocycles. The van der Waals surface area contributed by atoms with Gasteiger partial charge in [0, 0.05) is 24.8 Å². The van der Waals surface area contributed by atoms with Crippen LogP contribution < -0.4 is 4.90 Å². The molecule has 2 rings (SSSR count). The first-order valence-corrected chi connectivity index (χ1v) is 5.07. The quantitative estimate of drug-likeness (QED) is 0.729. The lowest BCUT2D eigenvalue weighted by Gasteiger charge is -2.16. The maximum absolute atomic E-state index is 11.2. The number of ketones is 1. The van der Waals surface area contributed by atoms with Gasteiger partial charge in [-0.05, 0) is 25.5 Å². The van der Waals surface area contributed by atoms with Crippen molar-refractivity contribution in [3.8, 4) is 0 Å². The van der Waals surface area contributed by atoms with Gasteiger partial charge in [0.2, 0.25) is 0 Å². The van der Waals surface area contributed by atoms with E-state index in [1.54, 1.807) is 18.3 Å². The Labute approximate surface area is 88.6 Å². The molecule has 1 atom stereocenters. The topological polar surface area (TPSA) is 53.4 Å². The standard InChI is InChI=1S/C11H14N2O2/c1-8(14)9-2-4-12-11(6-9)13-5-3-10(15)7-13/h2,4,6,10,15H,3,5,7H2,1H3. The summed E-state index contributed by atoms with van der Waals surface area (Å²) in [7, 11) is 0. The van der Waals surface area contributed by atoms with Crippen LogP contribution in [0.5, 0.6) is 0 Å². The number of pyridine rings is 1. The minimum atomic E-state index is -0.271. The van der Waals surface area contributed by atoms with E-state index in [4.69, 9.17) is 0 Å². The van der Waals surface area contributed by atoms with Crippen LogP contribution in [0.3, 0.4) is 0 Å². The number of rotatable bonds is 2. The van der Waals surface area contributed by atoms with Gasteiger partial charge in [0.15, 0.2) is 5.78 Å². The normalized spacial score (nSPS) is 20.7. The van der Waals surface area contributed by atoms with Crippen LogP contribution in [-0.4, -0.2) is 35.1 Å². The SMILES string of the molecule is CC(=O)c1ccnc(N2CCC(O)C2)c1. The summed E-state index contributed by atoms with van der Waals surface area (Å²) in [6.07, 6.45) is 2.13. The van der Waals surface area contributed by atoms with Gasteiger partial charge in [-0.1, -0.05) is 0 Å². The molecule has 0 aliphatic carbocycles. The number of hydrogen-bond donors (Lipinski definition) is 1. The molecule has 0 amide bonds. The molecule has 1 aliphatic rings. The second-order valence-corrected chi connectivity index (χ2v) is 3.85. The lowest BCUT2D eigenvalue weighted by molar-refractivity contribution is 0.101. The molecular weight excluding hydrogens is 192 g/mol. The van der Waals surface area contributed by atoms with Gasteiger partial charge < -0.3 is 10.0 Å². The van der Waals surface area contributed by atoms with Crippen molar-refractivity contribution in [3.63, 3.8) is 0 Å². The molecule has 80 valence electrons. The molecule has 15 heavy (non-hydrogen) atoms. The van der Waals surface area contributed by atoms with Crippen molar-refractivity contribution in [2.45, 2.75) is 19.4 Å². The largest absolute Gasteiger partial charge is 0.391 e. The summed E-state index contributed by atoms with van der Waals surface area (Å²) < 4.78 is 0. The molecular formula is C11H14N2O2. The van der Waals surface area contributed by atoms with Crippen LogP contribution in [0.25, 0.3) is 0 Å². The van der Waals surface area contributed by atoms with Crippen LogP contribution in [0.4, 0.5) is 5.82 Å². The molecule has 0 spiro atoms. The Balaban J connectivity index is 2.21. The molecule has 1 unspecified atom stereocenters. The van der Waals surface area contributed by atoms with E-state index < -0.39 is 0 Å². The number of Topliss-reactive ketones (excluding diaryl/α,β-unsaturated/α-hetero) is 1. The average molecular weight is 206 g/mol. The third-order valence-corrected chi connectivity index (χ3v) is 2.64. The summed E-state index contributed by atoms with van der Waals surface area (Å²) in [6.45, 7) is 2.95. The summed E-state index contributed by atoms with van der Waals surface area (Å²) in [5.41, 5.74) is 0.668. The average Bonchev–Trinajstić information content (AvgIpc) is 2.65. The van der Waals surface area contributed by atoms with Crippen LogP contribution in [0.2, 0.25) is 0 Å². The molecule has 1 aromatic heterocycles. The maximum Gasteiger partial charge on any atom is 0.159 e. The number of anilines is 1. The zero-order valence-electron chi connectivity index (χ0n) is 8.68. The van der Waals surface area contributed by atoms with Crippen molar-refractivity contribution < 1.29 is 9.90 Å². The van der Waals surface area contributed by atoms with Crippen molar-refractivity contribution in [2.24, 2.45) is 0 Å². The predicted molar refractivity (Wildman–Crippen MR) is 57.1 cm³/mol. The van der Waals surface area contributed by atoms with Gasteiger partial charge in [0.25, 0.3) is 0 Å². The number of nitrogens with zero attached hydrogens (tertiary/aromatic N) is 2. The Morgan fingerprint density at radius 1 is 1.67 bits per heavy atom. The van der Waals surface area contributed by atoms with E-state index in [2.05, 4.69) is 4.98 Å². The van der Waals surface area contributed by atoms with Gasteiger partial charge in [0.1, 0.15) is 5.82 Å². The van der Waals surface area contributed by atoms with E-state index in [9.17, 15) is 9.90 Å². The molecule has 1 aromatic rings. The Morgan fingerprint density at radius 3 is 3.07 bits per heavy atom. The van der Waals surface area contributed by atoms with Gasteiger partial charge in [0.05, 0.1) is 6.10 Å². The fourth-order valence-electron chi connectivity index (χ4n) is 1.76. The van der Waals surface area contributed by atoms with E-state index in [0.29, 0.717) is 12.1 Å². The van der Waals surface area contributed by atoms with Crippen molar-refractivity contribution in [1.29, 1.82) is 0 Å². The van der Waals surface area contributed by atoms with E-state index in [-0.39, 0.29) is 11.9 Å². The van der Waals surface area contributed by atoms with E-state index >= 15 is 0 Å². The maximum atomic E-state index is 11.2. The number of aliphatic hydroxyl groups is 1. The van der Waals surface area contributed by atoms with Crippen LogP contribution in [0, 0.1) is 0 Å². The van der Waals surface area contributed by atoms with Gasteiger partial charge >= 0.3 is 0 Å². The highest BCUT2D eigenvalue weighted by atomic mass is 16.3. The van der Waals surface area contributed by atoms with Crippen LogP contribution >= 0.6 is 0 Å². The molecule has 0 bridgehead atoms. The van der Waals surface area contributed by atoms with E-state index in [1.807, 2.05) is 4.90 Å². The highest BCUT2D eigenvalue weighted by Gasteiger charge is 2.21. The Bertz CT molecular complexity index is 379. The highest BCUT2D eigenvalue weighted by molar-refractivity contribution is 5.94. The fourth-order valence-corrected chi connectivity index (χ4v) is 1.76. The number of aromatic nitrogens is 1. The summed E-state index contributed by atoms with van der Waals surface area (Å²) in [5.74, 6) is 0.817. The summed E-state index contributed by atoms with van der Waals surface area (Å²) >= 11 is 0. The lowest BCUT2D eigenvalue weighted by Crippen LogP contribution is -2.22. The molecule has 4 nitrogen and oxygen atoms in total. The summed E-state index contributed by atoms with van der Waals surface area (Å²) in [6, 6.07) is 3.48. The second-order valence-electron chi connectivity index (χ2n) is 3.85. The number of carbonyl (C=O) groups excluding carboxylic acids is 1. The van der Waals surface area contributed by atoms with Crippen molar-refractivity contribution in [2.75, 3.05) is 18.0 Å². The van der Waals surface area contributed by atoms with E-state index in [1.165, 1.54) is 6.92 Å². The van der Waals surface area contributed by atoms with Crippen molar-refractivity contribution in [1.82, 2.24) is 4.98 Å². The Morgan fingerprint density at radius 2 is 2.47 bits per heavy atom.